The van der Waals surface area contributed by atoms with Crippen LogP contribution in [0.1, 0.15) is 11.1 Å². The maximum atomic E-state index is 13.2. The van der Waals surface area contributed by atoms with Crippen LogP contribution in [0.15, 0.2) is 65.6 Å². The highest BCUT2D eigenvalue weighted by molar-refractivity contribution is 7.89. The normalized spacial score (nSPS) is 15.2. The van der Waals surface area contributed by atoms with Crippen molar-refractivity contribution in [1.29, 1.82) is 5.41 Å². The molecule has 0 spiro atoms. The Labute approximate surface area is 186 Å². The number of piperazine rings is 1. The van der Waals surface area contributed by atoms with Crippen molar-refractivity contribution >= 4 is 32.5 Å². The highest BCUT2D eigenvalue weighted by Crippen LogP contribution is 2.26. The van der Waals surface area contributed by atoms with E-state index in [1.807, 2.05) is 24.3 Å². The van der Waals surface area contributed by atoms with Gasteiger partial charge in [0.25, 0.3) is 0 Å². The van der Waals surface area contributed by atoms with E-state index in [-0.39, 0.29) is 29.7 Å². The van der Waals surface area contributed by atoms with Crippen molar-refractivity contribution in [1.82, 2.24) is 9.21 Å². The van der Waals surface area contributed by atoms with E-state index in [1.54, 1.807) is 48.4 Å². The average Bonchev–Trinajstić information content (AvgIpc) is 2.79. The Morgan fingerprint density at radius 3 is 2.38 bits per heavy atom. The summed E-state index contributed by atoms with van der Waals surface area (Å²) in [5.41, 5.74) is 6.98. The van der Waals surface area contributed by atoms with Crippen molar-refractivity contribution in [2.45, 2.75) is 11.4 Å². The minimum atomic E-state index is -3.80. The SMILES string of the molecule is COc1ccc2cc(S(=O)(=O)N3CCN(Cc4ccc(C(=N)N)cc4)C(=O)C3)ccc2c1. The van der Waals surface area contributed by atoms with Crippen LogP contribution in [0.3, 0.4) is 0 Å². The van der Waals surface area contributed by atoms with Gasteiger partial charge in [0.2, 0.25) is 15.9 Å². The maximum Gasteiger partial charge on any atom is 0.243 e. The van der Waals surface area contributed by atoms with E-state index in [2.05, 4.69) is 0 Å². The number of carbonyl (C=O) groups excluding carboxylic acids is 1. The predicted octanol–water partition coefficient (Wildman–Crippen LogP) is 2.17. The Kier molecular flexibility index (Phi) is 5.86. The Bertz CT molecular complexity index is 1290. The van der Waals surface area contributed by atoms with Gasteiger partial charge in [-0.2, -0.15) is 4.31 Å². The quantitative estimate of drug-likeness (QED) is 0.439. The molecule has 0 bridgehead atoms. The number of benzene rings is 3. The second kappa shape index (κ2) is 8.60. The van der Waals surface area contributed by atoms with Crippen LogP contribution in [0.4, 0.5) is 0 Å². The number of hydrogen-bond donors (Lipinski definition) is 2. The zero-order valence-corrected chi connectivity index (χ0v) is 18.4. The van der Waals surface area contributed by atoms with Gasteiger partial charge in [-0.05, 0) is 40.6 Å². The second-order valence-corrected chi connectivity index (χ2v) is 9.58. The van der Waals surface area contributed by atoms with Crippen molar-refractivity contribution in [3.8, 4) is 5.75 Å². The summed E-state index contributed by atoms with van der Waals surface area (Å²) in [6.07, 6.45) is 0. The zero-order chi connectivity index (χ0) is 22.9. The number of nitrogen functional groups attached to an aromatic ring is 1. The molecule has 1 saturated heterocycles. The zero-order valence-electron chi connectivity index (χ0n) is 17.6. The molecule has 32 heavy (non-hydrogen) atoms. The molecule has 1 fully saturated rings. The average molecular weight is 453 g/mol. The maximum absolute atomic E-state index is 13.2. The first-order valence-electron chi connectivity index (χ1n) is 10.1. The number of fused-ring (bicyclic) bond motifs is 1. The van der Waals surface area contributed by atoms with Gasteiger partial charge in [0, 0.05) is 25.2 Å². The molecule has 1 aliphatic heterocycles. The van der Waals surface area contributed by atoms with Gasteiger partial charge in [-0.15, -0.1) is 0 Å². The standard InChI is InChI=1S/C23H24N4O4S/c1-31-20-8-6-19-13-21(9-7-18(19)12-20)32(29,30)27-11-10-26(22(28)15-27)14-16-2-4-17(5-3-16)23(24)25/h2-9,12-13H,10-11,14-15H2,1H3,(H3,24,25). The van der Waals surface area contributed by atoms with E-state index in [0.717, 1.165) is 16.3 Å². The molecule has 0 saturated carbocycles. The van der Waals surface area contributed by atoms with Crippen molar-refractivity contribution in [2.75, 3.05) is 26.7 Å². The summed E-state index contributed by atoms with van der Waals surface area (Å²) < 4.78 is 32.8. The lowest BCUT2D eigenvalue weighted by Crippen LogP contribution is -2.51. The summed E-state index contributed by atoms with van der Waals surface area (Å²) in [4.78, 5) is 14.5. The molecule has 0 aromatic heterocycles. The first-order valence-corrected chi connectivity index (χ1v) is 11.5. The molecular formula is C23H24N4O4S. The predicted molar refractivity (Wildman–Crippen MR) is 122 cm³/mol. The van der Waals surface area contributed by atoms with Gasteiger partial charge >= 0.3 is 0 Å². The molecule has 3 aromatic carbocycles. The summed E-state index contributed by atoms with van der Waals surface area (Å²) in [5, 5.41) is 9.11. The smallest absolute Gasteiger partial charge is 0.243 e. The van der Waals surface area contributed by atoms with Gasteiger partial charge < -0.3 is 15.4 Å². The van der Waals surface area contributed by atoms with Gasteiger partial charge in [0.05, 0.1) is 18.6 Å². The lowest BCUT2D eigenvalue weighted by atomic mass is 10.1. The number of carbonyl (C=O) groups is 1. The number of nitrogens with two attached hydrogens (primary N) is 1. The molecule has 0 atom stereocenters. The number of ether oxygens (including phenoxy) is 1. The van der Waals surface area contributed by atoms with E-state index >= 15 is 0 Å². The Balaban J connectivity index is 1.47. The lowest BCUT2D eigenvalue weighted by molar-refractivity contribution is -0.134. The molecule has 9 heteroatoms. The van der Waals surface area contributed by atoms with Gasteiger partial charge in [0.1, 0.15) is 11.6 Å². The third-order valence-corrected chi connectivity index (χ3v) is 7.42. The van der Waals surface area contributed by atoms with Gasteiger partial charge in [-0.1, -0.05) is 36.4 Å². The van der Waals surface area contributed by atoms with E-state index in [9.17, 15) is 13.2 Å². The summed E-state index contributed by atoms with van der Waals surface area (Å²) in [6, 6.07) is 17.5. The van der Waals surface area contributed by atoms with Crippen LogP contribution < -0.4 is 10.5 Å². The van der Waals surface area contributed by atoms with E-state index in [1.165, 1.54) is 4.31 Å². The van der Waals surface area contributed by atoms with Gasteiger partial charge in [-0.25, -0.2) is 8.42 Å². The van der Waals surface area contributed by atoms with Crippen LogP contribution in [0.25, 0.3) is 10.8 Å². The number of nitrogens with zero attached hydrogens (tertiary/aromatic N) is 2. The molecule has 1 heterocycles. The molecule has 1 aliphatic rings. The fraction of sp³-hybridized carbons (Fsp3) is 0.217. The minimum absolute atomic E-state index is 0.0146. The molecule has 8 nitrogen and oxygen atoms in total. The summed E-state index contributed by atoms with van der Waals surface area (Å²) in [7, 11) is -2.22. The number of sulfonamides is 1. The molecule has 0 radical (unpaired) electrons. The van der Waals surface area contributed by atoms with Gasteiger partial charge in [-0.3, -0.25) is 10.2 Å². The summed E-state index contributed by atoms with van der Waals surface area (Å²) >= 11 is 0. The van der Waals surface area contributed by atoms with E-state index in [0.29, 0.717) is 24.4 Å². The number of amidine groups is 1. The minimum Gasteiger partial charge on any atom is -0.497 e. The fourth-order valence-electron chi connectivity index (χ4n) is 3.71. The first-order chi connectivity index (χ1) is 15.3. The molecular weight excluding hydrogens is 428 g/mol. The van der Waals surface area contributed by atoms with Crippen LogP contribution in [-0.2, 0) is 21.4 Å². The molecule has 1 amide bonds. The Morgan fingerprint density at radius 2 is 1.72 bits per heavy atom. The molecule has 0 unspecified atom stereocenters. The van der Waals surface area contributed by atoms with Crippen molar-refractivity contribution in [3.05, 3.63) is 71.8 Å². The number of amides is 1. The van der Waals surface area contributed by atoms with Gasteiger partial charge in [0.15, 0.2) is 0 Å². The largest absolute Gasteiger partial charge is 0.497 e. The van der Waals surface area contributed by atoms with Crippen LogP contribution in [0.2, 0.25) is 0 Å². The molecule has 3 N–H and O–H groups in total. The molecule has 166 valence electrons. The first kappa shape index (κ1) is 21.8. The number of rotatable bonds is 6. The highest BCUT2D eigenvalue weighted by Gasteiger charge is 2.32. The van der Waals surface area contributed by atoms with Crippen molar-refractivity contribution < 1.29 is 17.9 Å². The fourth-order valence-corrected chi connectivity index (χ4v) is 5.12. The Hall–Kier alpha value is -3.43. The number of hydrogen-bond acceptors (Lipinski definition) is 5. The third-order valence-electron chi connectivity index (χ3n) is 5.58. The molecule has 0 aliphatic carbocycles. The van der Waals surface area contributed by atoms with Crippen LogP contribution in [-0.4, -0.2) is 56.1 Å². The lowest BCUT2D eigenvalue weighted by Gasteiger charge is -2.33. The summed E-state index contributed by atoms with van der Waals surface area (Å²) in [6.45, 7) is 0.703. The van der Waals surface area contributed by atoms with Crippen LogP contribution >= 0.6 is 0 Å². The second-order valence-electron chi connectivity index (χ2n) is 7.64. The van der Waals surface area contributed by atoms with Crippen LogP contribution in [0, 0.1) is 5.41 Å². The van der Waals surface area contributed by atoms with Crippen LogP contribution in [0.5, 0.6) is 5.75 Å². The topological polar surface area (TPSA) is 117 Å². The summed E-state index contributed by atoms with van der Waals surface area (Å²) in [5.74, 6) is 0.436. The number of methoxy groups -OCH3 is 1. The van der Waals surface area contributed by atoms with E-state index in [4.69, 9.17) is 15.9 Å². The number of nitrogens with one attached hydrogen (secondary N) is 1. The van der Waals surface area contributed by atoms with Crippen molar-refractivity contribution in [2.24, 2.45) is 5.73 Å². The Morgan fingerprint density at radius 1 is 1.03 bits per heavy atom. The van der Waals surface area contributed by atoms with Crippen molar-refractivity contribution in [3.63, 3.8) is 0 Å². The van der Waals surface area contributed by atoms with E-state index < -0.39 is 10.0 Å². The third kappa shape index (κ3) is 4.30. The molecule has 3 aromatic rings. The monoisotopic (exact) mass is 452 g/mol. The molecule has 4 rings (SSSR count). The highest BCUT2D eigenvalue weighted by atomic mass is 32.2.